The van der Waals surface area contributed by atoms with Crippen molar-refractivity contribution < 1.29 is 22.7 Å². The van der Waals surface area contributed by atoms with Crippen molar-refractivity contribution >= 4 is 27.5 Å². The molecule has 0 radical (unpaired) electrons. The fourth-order valence-corrected chi connectivity index (χ4v) is 7.74. The van der Waals surface area contributed by atoms with Gasteiger partial charge in [0.1, 0.15) is 6.04 Å². The number of anilines is 1. The number of carbonyl (C=O) groups excluding carboxylic acids is 2. The van der Waals surface area contributed by atoms with Crippen LogP contribution in [-0.2, 0) is 42.1 Å². The van der Waals surface area contributed by atoms with Gasteiger partial charge in [-0.3, -0.25) is 13.9 Å². The van der Waals surface area contributed by atoms with E-state index in [0.29, 0.717) is 39.1 Å². The molecule has 9 nitrogen and oxygen atoms in total. The Balaban J connectivity index is 1.28. The highest BCUT2D eigenvalue weighted by molar-refractivity contribution is 7.92. The minimum Gasteiger partial charge on any atom is -0.374 e. The number of likely N-dealkylation sites (N-methyl/N-ethyl adjacent to an activating group) is 1. The van der Waals surface area contributed by atoms with E-state index in [4.69, 9.17) is 4.74 Å². The highest BCUT2D eigenvalue weighted by Crippen LogP contribution is 2.48. The lowest BCUT2D eigenvalue weighted by Gasteiger charge is -2.41. The molecule has 2 heterocycles. The number of para-hydroxylation sites is 1. The molecule has 1 spiro atoms. The van der Waals surface area contributed by atoms with Crippen LogP contribution in [0.5, 0.6) is 0 Å². The van der Waals surface area contributed by atoms with Crippen molar-refractivity contribution in [1.29, 1.82) is 0 Å². The summed E-state index contributed by atoms with van der Waals surface area (Å²) < 4.78 is 34.7. The van der Waals surface area contributed by atoms with Gasteiger partial charge >= 0.3 is 0 Å². The number of sulfonamides is 1. The summed E-state index contributed by atoms with van der Waals surface area (Å²) in [5.74, 6) is -0.501. The smallest absolute Gasteiger partial charge is 0.247 e. The maximum absolute atomic E-state index is 13.7. The molecular formula is C33H40N4O5S. The molecule has 0 aliphatic carbocycles. The molecule has 0 saturated carbocycles. The first-order chi connectivity index (χ1) is 20.7. The standard InChI is InChI=1S/C33H40N4O5S/c1-35(2)21-31(38)34-29(23-42-22-26-11-5-3-6-12-26)32(39)36-19-17-33(18-20-36)25-37(30-16-10-9-15-28(30)33)43(40,41)24-27-13-7-4-8-14-27/h3-16,29H,17-25H2,1-2H3,(H,34,38)/t29-/m1/s1. The molecule has 10 heteroatoms. The normalized spacial score (nSPS) is 16.7. The van der Waals surface area contributed by atoms with Crippen molar-refractivity contribution in [3.8, 4) is 0 Å². The zero-order valence-electron chi connectivity index (χ0n) is 24.8. The third-order valence-electron chi connectivity index (χ3n) is 8.24. The van der Waals surface area contributed by atoms with Crippen molar-refractivity contribution in [1.82, 2.24) is 15.1 Å². The second kappa shape index (κ2) is 13.3. The van der Waals surface area contributed by atoms with Crippen LogP contribution in [-0.4, -0.2) is 83.0 Å². The van der Waals surface area contributed by atoms with Gasteiger partial charge < -0.3 is 19.9 Å². The molecule has 2 amide bonds. The zero-order chi connectivity index (χ0) is 30.5. The molecule has 1 saturated heterocycles. The second-order valence-corrected chi connectivity index (χ2v) is 13.6. The Morgan fingerprint density at radius 2 is 1.51 bits per heavy atom. The molecule has 1 N–H and O–H groups in total. The van der Waals surface area contributed by atoms with Gasteiger partial charge in [0.05, 0.1) is 31.2 Å². The number of nitrogens with zero attached hydrogens (tertiary/aromatic N) is 3. The summed E-state index contributed by atoms with van der Waals surface area (Å²) in [7, 11) is -0.0155. The van der Waals surface area contributed by atoms with Crippen molar-refractivity contribution in [2.45, 2.75) is 36.7 Å². The maximum Gasteiger partial charge on any atom is 0.247 e. The van der Waals surface area contributed by atoms with Gasteiger partial charge in [0, 0.05) is 25.0 Å². The summed E-state index contributed by atoms with van der Waals surface area (Å²) in [6.45, 7) is 1.82. The lowest BCUT2D eigenvalue weighted by molar-refractivity contribution is -0.139. The molecule has 2 aliphatic rings. The largest absolute Gasteiger partial charge is 0.374 e. The number of piperidine rings is 1. The van der Waals surface area contributed by atoms with E-state index in [1.54, 1.807) is 28.2 Å². The lowest BCUT2D eigenvalue weighted by Crippen LogP contribution is -2.55. The van der Waals surface area contributed by atoms with Gasteiger partial charge in [0.2, 0.25) is 21.8 Å². The Labute approximate surface area is 254 Å². The quantitative estimate of drug-likeness (QED) is 0.361. The highest BCUT2D eigenvalue weighted by atomic mass is 32.2. The van der Waals surface area contributed by atoms with Crippen molar-refractivity contribution in [3.05, 3.63) is 102 Å². The van der Waals surface area contributed by atoms with E-state index < -0.39 is 16.1 Å². The Kier molecular flexibility index (Phi) is 9.49. The average molecular weight is 605 g/mol. The highest BCUT2D eigenvalue weighted by Gasteiger charge is 2.48. The number of hydrogen-bond acceptors (Lipinski definition) is 6. The van der Waals surface area contributed by atoms with E-state index in [1.165, 1.54) is 0 Å². The number of carbonyl (C=O) groups is 2. The van der Waals surface area contributed by atoms with Gasteiger partial charge in [-0.25, -0.2) is 8.42 Å². The number of rotatable bonds is 11. The van der Waals surface area contributed by atoms with Crippen LogP contribution < -0.4 is 9.62 Å². The minimum atomic E-state index is -3.62. The number of hydrogen-bond donors (Lipinski definition) is 1. The van der Waals surface area contributed by atoms with Gasteiger partial charge in [-0.1, -0.05) is 78.9 Å². The van der Waals surface area contributed by atoms with Gasteiger partial charge in [-0.2, -0.15) is 0 Å². The number of likely N-dealkylation sites (tertiary alicyclic amines) is 1. The predicted octanol–water partition coefficient (Wildman–Crippen LogP) is 3.16. The van der Waals surface area contributed by atoms with E-state index in [-0.39, 0.29) is 36.1 Å². The van der Waals surface area contributed by atoms with Crippen LogP contribution in [0, 0.1) is 0 Å². The second-order valence-electron chi connectivity index (χ2n) is 11.7. The average Bonchev–Trinajstić information content (AvgIpc) is 3.32. The Bertz CT molecular complexity index is 1510. The van der Waals surface area contributed by atoms with E-state index in [9.17, 15) is 18.0 Å². The first-order valence-electron chi connectivity index (χ1n) is 14.7. The molecule has 0 unspecified atom stereocenters. The van der Waals surface area contributed by atoms with E-state index in [0.717, 1.165) is 22.4 Å². The molecular weight excluding hydrogens is 564 g/mol. The van der Waals surface area contributed by atoms with Crippen molar-refractivity contribution in [2.75, 3.05) is 51.2 Å². The molecule has 0 bridgehead atoms. The molecule has 1 fully saturated rings. The van der Waals surface area contributed by atoms with E-state index >= 15 is 0 Å². The summed E-state index contributed by atoms with van der Waals surface area (Å²) in [5, 5.41) is 2.87. The first kappa shape index (κ1) is 30.7. The number of fused-ring (bicyclic) bond motifs is 2. The number of benzene rings is 3. The Hall–Kier alpha value is -3.73. The van der Waals surface area contributed by atoms with Gasteiger partial charge in [0.15, 0.2) is 0 Å². The summed E-state index contributed by atoms with van der Waals surface area (Å²) in [4.78, 5) is 29.9. The van der Waals surface area contributed by atoms with Crippen LogP contribution in [0.4, 0.5) is 5.69 Å². The SMILES string of the molecule is CN(C)CC(=O)N[C@H](COCc1ccccc1)C(=O)N1CCC2(CC1)CN(S(=O)(=O)Cc1ccccc1)c1ccccc12. The van der Waals surface area contributed by atoms with Gasteiger partial charge in [-0.15, -0.1) is 0 Å². The van der Waals surface area contributed by atoms with Crippen LogP contribution in [0.3, 0.4) is 0 Å². The number of nitrogens with one attached hydrogen (secondary N) is 1. The summed E-state index contributed by atoms with van der Waals surface area (Å²) in [5.41, 5.74) is 3.09. The Morgan fingerprint density at radius 1 is 0.907 bits per heavy atom. The van der Waals surface area contributed by atoms with Gasteiger partial charge in [-0.05, 0) is 49.7 Å². The molecule has 43 heavy (non-hydrogen) atoms. The fourth-order valence-electron chi connectivity index (χ4n) is 6.07. The summed E-state index contributed by atoms with van der Waals surface area (Å²) >= 11 is 0. The summed E-state index contributed by atoms with van der Waals surface area (Å²) in [6, 6.07) is 25.8. The lowest BCUT2D eigenvalue weighted by atomic mass is 9.74. The molecule has 3 aromatic carbocycles. The molecule has 2 aliphatic heterocycles. The molecule has 5 rings (SSSR count). The monoisotopic (exact) mass is 604 g/mol. The van der Waals surface area contributed by atoms with Crippen molar-refractivity contribution in [2.24, 2.45) is 0 Å². The Morgan fingerprint density at radius 3 is 2.16 bits per heavy atom. The van der Waals surface area contributed by atoms with Crippen LogP contribution in [0.1, 0.15) is 29.5 Å². The van der Waals surface area contributed by atoms with E-state index in [1.807, 2.05) is 84.9 Å². The molecule has 1 atom stereocenters. The van der Waals surface area contributed by atoms with Crippen LogP contribution in [0.2, 0.25) is 0 Å². The third-order valence-corrected chi connectivity index (χ3v) is 9.93. The van der Waals surface area contributed by atoms with E-state index in [2.05, 4.69) is 5.32 Å². The first-order valence-corrected chi connectivity index (χ1v) is 16.3. The van der Waals surface area contributed by atoms with Crippen molar-refractivity contribution in [3.63, 3.8) is 0 Å². The molecule has 228 valence electrons. The van der Waals surface area contributed by atoms with Gasteiger partial charge in [0.25, 0.3) is 0 Å². The molecule has 3 aromatic rings. The third kappa shape index (κ3) is 7.26. The van der Waals surface area contributed by atoms with Crippen LogP contribution in [0.25, 0.3) is 0 Å². The van der Waals surface area contributed by atoms with Crippen LogP contribution >= 0.6 is 0 Å². The fraction of sp³-hybridized carbons (Fsp3) is 0.394. The minimum absolute atomic E-state index is 0.0584. The number of amides is 2. The predicted molar refractivity (Wildman–Crippen MR) is 167 cm³/mol. The molecule has 0 aromatic heterocycles. The maximum atomic E-state index is 13.7. The topological polar surface area (TPSA) is 99.3 Å². The summed E-state index contributed by atoms with van der Waals surface area (Å²) in [6.07, 6.45) is 1.24. The van der Waals surface area contributed by atoms with Crippen LogP contribution in [0.15, 0.2) is 84.9 Å². The zero-order valence-corrected chi connectivity index (χ0v) is 25.6. The number of ether oxygens (including phenoxy) is 1.